The maximum atomic E-state index is 13.9. The molecule has 0 N–H and O–H groups in total. The van der Waals surface area contributed by atoms with Gasteiger partial charge in [-0.25, -0.2) is 43.4 Å². The van der Waals surface area contributed by atoms with Gasteiger partial charge in [0, 0.05) is 23.8 Å². The van der Waals surface area contributed by atoms with Crippen molar-refractivity contribution in [2.45, 2.75) is 71.1 Å². The Kier molecular flexibility index (Phi) is 6.37. The molecule has 0 bridgehead atoms. The Bertz CT molecular complexity index is 1760. The van der Waals surface area contributed by atoms with Gasteiger partial charge in [0.05, 0.1) is 10.9 Å². The molecule has 0 saturated carbocycles. The molecule has 0 aliphatic carbocycles. The number of nitrogens with zero attached hydrogens (tertiary/aromatic N) is 7. The van der Waals surface area contributed by atoms with Crippen LogP contribution >= 0.6 is 15.9 Å². The molecule has 13 heteroatoms. The van der Waals surface area contributed by atoms with E-state index in [9.17, 15) is 14.4 Å². The van der Waals surface area contributed by atoms with Crippen LogP contribution in [-0.4, -0.2) is 71.5 Å². The Balaban J connectivity index is 1.37. The van der Waals surface area contributed by atoms with Crippen molar-refractivity contribution in [3.05, 3.63) is 47.1 Å². The Morgan fingerprint density at radius 1 is 0.952 bits per heavy atom. The summed E-state index contributed by atoms with van der Waals surface area (Å²) < 4.78 is 14.9. The van der Waals surface area contributed by atoms with E-state index in [-0.39, 0.29) is 0 Å². The van der Waals surface area contributed by atoms with Crippen molar-refractivity contribution < 1.29 is 23.9 Å². The Morgan fingerprint density at radius 3 is 2.29 bits per heavy atom. The van der Waals surface area contributed by atoms with E-state index in [1.54, 1.807) is 33.0 Å². The number of hydrogen-bond donors (Lipinski definition) is 0. The minimum atomic E-state index is -1.01. The van der Waals surface area contributed by atoms with E-state index in [0.717, 1.165) is 4.47 Å². The third kappa shape index (κ3) is 4.50. The molecule has 1 spiro atoms. The van der Waals surface area contributed by atoms with Crippen LogP contribution in [0.4, 0.5) is 20.2 Å². The summed E-state index contributed by atoms with van der Waals surface area (Å²) in [4.78, 5) is 57.4. The average Bonchev–Trinajstić information content (AvgIpc) is 3.55. The third-order valence-corrected chi connectivity index (χ3v) is 8.02. The van der Waals surface area contributed by atoms with Crippen LogP contribution in [0.3, 0.4) is 0 Å². The molecular formula is C29H32BrN7O5. The summed E-state index contributed by atoms with van der Waals surface area (Å²) in [5, 5.41) is 0.696. The molecule has 3 aromatic heterocycles. The predicted octanol–water partition coefficient (Wildman–Crippen LogP) is 6.04. The van der Waals surface area contributed by atoms with E-state index in [0.29, 0.717) is 59.6 Å². The van der Waals surface area contributed by atoms with E-state index < -0.39 is 35.0 Å². The third-order valence-electron chi connectivity index (χ3n) is 7.38. The molecule has 4 aromatic rings. The van der Waals surface area contributed by atoms with Gasteiger partial charge in [0.15, 0.2) is 5.65 Å². The SMILES string of the molecule is CC(C)(C)OC(=O)N1C(=O)n2c(nc3c(Br)cccc32)C12CCN(c1ncnc3c1ccn3C(=O)OC(C)(C)C)CC2. The quantitative estimate of drug-likeness (QED) is 0.245. The van der Waals surface area contributed by atoms with Crippen LogP contribution in [0.2, 0.25) is 0 Å². The van der Waals surface area contributed by atoms with Crippen LogP contribution in [0.5, 0.6) is 0 Å². The van der Waals surface area contributed by atoms with E-state index in [1.807, 2.05) is 39.0 Å². The van der Waals surface area contributed by atoms with Gasteiger partial charge in [0.1, 0.15) is 40.2 Å². The molecular weight excluding hydrogens is 606 g/mol. The van der Waals surface area contributed by atoms with Crippen LogP contribution in [-0.2, 0) is 15.0 Å². The first-order chi connectivity index (χ1) is 19.7. The summed E-state index contributed by atoms with van der Waals surface area (Å²) in [6, 6.07) is 6.85. The number of carbonyl (C=O) groups excluding carboxylic acids is 3. The molecule has 2 aliphatic heterocycles. The summed E-state index contributed by atoms with van der Waals surface area (Å²) in [5.41, 5.74) is -0.736. The number of anilines is 1. The van der Waals surface area contributed by atoms with E-state index in [2.05, 4.69) is 30.8 Å². The Labute approximate surface area is 250 Å². The highest BCUT2D eigenvalue weighted by Crippen LogP contribution is 2.47. The highest BCUT2D eigenvalue weighted by molar-refractivity contribution is 9.10. The van der Waals surface area contributed by atoms with Crippen molar-refractivity contribution >= 4 is 62.0 Å². The molecule has 6 rings (SSSR count). The van der Waals surface area contributed by atoms with Gasteiger partial charge in [-0.1, -0.05) is 6.07 Å². The number of fused-ring (bicyclic) bond motifs is 5. The molecule has 0 atom stereocenters. The van der Waals surface area contributed by atoms with E-state index in [4.69, 9.17) is 14.5 Å². The Morgan fingerprint density at radius 2 is 1.62 bits per heavy atom. The number of rotatable bonds is 1. The van der Waals surface area contributed by atoms with Gasteiger partial charge in [-0.05, 0) is 88.5 Å². The van der Waals surface area contributed by atoms with Gasteiger partial charge in [-0.2, -0.15) is 0 Å². The number of benzene rings is 1. The van der Waals surface area contributed by atoms with Crippen LogP contribution in [0, 0.1) is 0 Å². The molecule has 42 heavy (non-hydrogen) atoms. The number of imidazole rings is 1. The fourth-order valence-electron chi connectivity index (χ4n) is 5.70. The predicted molar refractivity (Wildman–Crippen MR) is 159 cm³/mol. The maximum absolute atomic E-state index is 13.9. The van der Waals surface area contributed by atoms with Crippen molar-refractivity contribution in [1.29, 1.82) is 0 Å². The van der Waals surface area contributed by atoms with Gasteiger partial charge in [-0.3, -0.25) is 0 Å². The van der Waals surface area contributed by atoms with Crippen molar-refractivity contribution in [1.82, 2.24) is 29.0 Å². The summed E-state index contributed by atoms with van der Waals surface area (Å²) in [7, 11) is 0. The van der Waals surface area contributed by atoms with Crippen LogP contribution in [0.15, 0.2) is 41.3 Å². The lowest BCUT2D eigenvalue weighted by molar-refractivity contribution is 0.00876. The molecule has 5 heterocycles. The molecule has 0 radical (unpaired) electrons. The number of imide groups is 1. The van der Waals surface area contributed by atoms with Crippen molar-refractivity contribution in [3.63, 3.8) is 0 Å². The van der Waals surface area contributed by atoms with Gasteiger partial charge in [0.25, 0.3) is 0 Å². The van der Waals surface area contributed by atoms with Crippen molar-refractivity contribution in [2.24, 2.45) is 0 Å². The normalized spacial score (nSPS) is 16.9. The van der Waals surface area contributed by atoms with Crippen molar-refractivity contribution in [2.75, 3.05) is 18.0 Å². The summed E-state index contributed by atoms with van der Waals surface area (Å²) >= 11 is 3.56. The van der Waals surface area contributed by atoms with Crippen LogP contribution in [0.25, 0.3) is 22.1 Å². The minimum Gasteiger partial charge on any atom is -0.443 e. The van der Waals surface area contributed by atoms with Crippen LogP contribution < -0.4 is 4.90 Å². The number of aromatic nitrogens is 5. The average molecular weight is 639 g/mol. The maximum Gasteiger partial charge on any atom is 0.420 e. The lowest BCUT2D eigenvalue weighted by Crippen LogP contribution is -2.55. The first kappa shape index (κ1) is 28.1. The molecule has 0 unspecified atom stereocenters. The van der Waals surface area contributed by atoms with Gasteiger partial charge in [-0.15, -0.1) is 0 Å². The number of piperidine rings is 1. The zero-order chi connectivity index (χ0) is 30.2. The fraction of sp³-hybridized carbons (Fsp3) is 0.448. The molecule has 1 fully saturated rings. The number of hydrogen-bond acceptors (Lipinski definition) is 9. The first-order valence-electron chi connectivity index (χ1n) is 13.8. The molecule has 220 valence electrons. The standard InChI is InChI=1S/C29H32BrN7O5/c1-27(2,3)41-25(39)35-13-10-17-21(31-16-32-22(17)35)34-14-11-29(12-15-34)23-33-20-18(30)8-7-9-19(20)36(23)24(38)37(29)26(40)42-28(4,5)6/h7-10,13,16H,11-12,14-15H2,1-6H3. The summed E-state index contributed by atoms with van der Waals surface area (Å²) in [5.74, 6) is 1.17. The second-order valence-electron chi connectivity index (χ2n) is 12.6. The number of para-hydroxylation sites is 1. The highest BCUT2D eigenvalue weighted by Gasteiger charge is 2.57. The number of halogens is 1. The second-order valence-corrected chi connectivity index (χ2v) is 13.5. The Hall–Kier alpha value is -4.00. The zero-order valence-corrected chi connectivity index (χ0v) is 25.9. The van der Waals surface area contributed by atoms with Gasteiger partial charge in [0.2, 0.25) is 0 Å². The van der Waals surface area contributed by atoms with Crippen molar-refractivity contribution in [3.8, 4) is 0 Å². The van der Waals surface area contributed by atoms with Gasteiger partial charge < -0.3 is 14.4 Å². The molecule has 1 saturated heterocycles. The van der Waals surface area contributed by atoms with Crippen LogP contribution in [0.1, 0.15) is 60.2 Å². The molecule has 1 aromatic carbocycles. The topological polar surface area (TPSA) is 125 Å². The smallest absolute Gasteiger partial charge is 0.420 e. The largest absolute Gasteiger partial charge is 0.443 e. The molecule has 12 nitrogen and oxygen atoms in total. The number of ether oxygens (including phenoxy) is 2. The van der Waals surface area contributed by atoms with E-state index in [1.165, 1.54) is 20.4 Å². The lowest BCUT2D eigenvalue weighted by atomic mass is 9.86. The first-order valence-corrected chi connectivity index (χ1v) is 14.5. The fourth-order valence-corrected chi connectivity index (χ4v) is 6.14. The monoisotopic (exact) mass is 637 g/mol. The lowest BCUT2D eigenvalue weighted by Gasteiger charge is -2.42. The highest BCUT2D eigenvalue weighted by atomic mass is 79.9. The van der Waals surface area contributed by atoms with Gasteiger partial charge >= 0.3 is 18.2 Å². The summed E-state index contributed by atoms with van der Waals surface area (Å²) in [6.07, 6.45) is 2.62. The molecule has 2 amide bonds. The molecule has 2 aliphatic rings. The second kappa shape index (κ2) is 9.51. The van der Waals surface area contributed by atoms with E-state index >= 15 is 0 Å². The summed E-state index contributed by atoms with van der Waals surface area (Å²) in [6.45, 7) is 11.7. The number of carbonyl (C=O) groups is 3. The number of amides is 2. The minimum absolute atomic E-state index is 0.400. The zero-order valence-electron chi connectivity index (χ0n) is 24.3.